The third-order valence-corrected chi connectivity index (χ3v) is 4.20. The van der Waals surface area contributed by atoms with Crippen LogP contribution in [-0.2, 0) is 9.59 Å². The Labute approximate surface area is 156 Å². The first-order valence-electron chi connectivity index (χ1n) is 8.15. The van der Waals surface area contributed by atoms with Gasteiger partial charge in [0.15, 0.2) is 0 Å². The molecule has 0 bridgehead atoms. The first kappa shape index (κ1) is 18.2. The maximum Gasteiger partial charge on any atom is 0.335 e. The Morgan fingerprint density at radius 1 is 1.00 bits per heavy atom. The van der Waals surface area contributed by atoms with Gasteiger partial charge in [-0.3, -0.25) is 14.9 Å². The van der Waals surface area contributed by atoms with Gasteiger partial charge in [-0.15, -0.1) is 0 Å². The fourth-order valence-corrected chi connectivity index (χ4v) is 2.78. The highest BCUT2D eigenvalue weighted by molar-refractivity contribution is 6.39. The second kappa shape index (κ2) is 7.33. The van der Waals surface area contributed by atoms with Crippen LogP contribution in [0.2, 0.25) is 0 Å². The molecule has 0 unspecified atom stereocenters. The summed E-state index contributed by atoms with van der Waals surface area (Å²) in [5, 5.41) is 2.21. The van der Waals surface area contributed by atoms with Crippen molar-refractivity contribution in [2.75, 3.05) is 19.1 Å². The van der Waals surface area contributed by atoms with Crippen LogP contribution < -0.4 is 19.7 Å². The average molecular weight is 366 g/mol. The van der Waals surface area contributed by atoms with E-state index in [9.17, 15) is 14.4 Å². The van der Waals surface area contributed by atoms with E-state index < -0.39 is 17.8 Å². The van der Waals surface area contributed by atoms with Gasteiger partial charge in [0, 0.05) is 11.6 Å². The maximum absolute atomic E-state index is 12.9. The van der Waals surface area contributed by atoms with Crippen molar-refractivity contribution in [2.45, 2.75) is 6.92 Å². The number of aryl methyl sites for hydroxylation is 1. The molecule has 3 rings (SSSR count). The van der Waals surface area contributed by atoms with Crippen molar-refractivity contribution in [3.63, 3.8) is 0 Å². The molecule has 7 heteroatoms. The van der Waals surface area contributed by atoms with E-state index in [0.717, 1.165) is 10.5 Å². The van der Waals surface area contributed by atoms with Crippen molar-refractivity contribution >= 4 is 29.6 Å². The van der Waals surface area contributed by atoms with E-state index in [-0.39, 0.29) is 5.57 Å². The highest BCUT2D eigenvalue weighted by Crippen LogP contribution is 2.29. The smallest absolute Gasteiger partial charge is 0.335 e. The van der Waals surface area contributed by atoms with Crippen molar-refractivity contribution < 1.29 is 23.9 Å². The van der Waals surface area contributed by atoms with Crippen molar-refractivity contribution in [1.82, 2.24) is 5.32 Å². The number of urea groups is 1. The molecule has 1 aliphatic heterocycles. The monoisotopic (exact) mass is 366 g/mol. The summed E-state index contributed by atoms with van der Waals surface area (Å²) in [6.07, 6.45) is 1.40. The molecule has 0 spiro atoms. The van der Waals surface area contributed by atoms with E-state index in [2.05, 4.69) is 5.32 Å². The number of anilines is 1. The molecule has 2 aromatic rings. The minimum Gasteiger partial charge on any atom is -0.497 e. The summed E-state index contributed by atoms with van der Waals surface area (Å²) in [4.78, 5) is 38.5. The number of carbonyl (C=O) groups excluding carboxylic acids is 3. The first-order chi connectivity index (χ1) is 13.0. The van der Waals surface area contributed by atoms with Crippen LogP contribution in [0.3, 0.4) is 0 Å². The van der Waals surface area contributed by atoms with Crippen molar-refractivity contribution in [3.8, 4) is 11.5 Å². The fraction of sp³-hybridized carbons (Fsp3) is 0.150. The second-order valence-corrected chi connectivity index (χ2v) is 5.85. The lowest BCUT2D eigenvalue weighted by molar-refractivity contribution is -0.122. The number of rotatable bonds is 4. The minimum absolute atomic E-state index is 0.165. The van der Waals surface area contributed by atoms with E-state index in [1.807, 2.05) is 0 Å². The van der Waals surface area contributed by atoms with Crippen LogP contribution in [0.1, 0.15) is 11.1 Å². The van der Waals surface area contributed by atoms with E-state index >= 15 is 0 Å². The lowest BCUT2D eigenvalue weighted by Gasteiger charge is -2.27. The molecule has 2 aromatic carbocycles. The van der Waals surface area contributed by atoms with Crippen molar-refractivity contribution in [3.05, 3.63) is 59.2 Å². The van der Waals surface area contributed by atoms with E-state index in [0.29, 0.717) is 22.7 Å². The van der Waals surface area contributed by atoms with Crippen molar-refractivity contribution in [1.29, 1.82) is 0 Å². The van der Waals surface area contributed by atoms with Gasteiger partial charge in [0.2, 0.25) is 0 Å². The molecule has 1 saturated heterocycles. The number of para-hydroxylation sites is 1. The minimum atomic E-state index is -0.779. The number of methoxy groups -OCH3 is 2. The molecule has 0 saturated carbocycles. The van der Waals surface area contributed by atoms with E-state index in [1.54, 1.807) is 49.4 Å². The number of imide groups is 2. The van der Waals surface area contributed by atoms with E-state index in [1.165, 1.54) is 20.3 Å². The second-order valence-electron chi connectivity index (χ2n) is 5.85. The molecular formula is C20H18N2O5. The third-order valence-electron chi connectivity index (χ3n) is 4.20. The van der Waals surface area contributed by atoms with Crippen LogP contribution in [0.4, 0.5) is 10.5 Å². The van der Waals surface area contributed by atoms with Crippen LogP contribution in [0.15, 0.2) is 48.0 Å². The molecule has 0 radical (unpaired) electrons. The predicted molar refractivity (Wildman–Crippen MR) is 99.7 cm³/mol. The lowest BCUT2D eigenvalue weighted by Crippen LogP contribution is -2.54. The number of nitrogens with zero attached hydrogens (tertiary/aromatic N) is 1. The van der Waals surface area contributed by atoms with Gasteiger partial charge >= 0.3 is 6.03 Å². The molecule has 0 atom stereocenters. The van der Waals surface area contributed by atoms with Crippen LogP contribution in [0.5, 0.6) is 11.5 Å². The highest BCUT2D eigenvalue weighted by Gasteiger charge is 2.37. The zero-order valence-electron chi connectivity index (χ0n) is 15.1. The Balaban J connectivity index is 2.06. The molecule has 1 N–H and O–H groups in total. The SMILES string of the molecule is COc1ccc(/C=C2/C(=O)NC(=O)N(c3ccccc3C)C2=O)c(OC)c1. The van der Waals surface area contributed by atoms with Crippen LogP contribution >= 0.6 is 0 Å². The summed E-state index contributed by atoms with van der Waals surface area (Å²) in [6, 6.07) is 11.2. The standard InChI is InChI=1S/C20H18N2O5/c1-12-6-4-5-7-16(12)22-19(24)15(18(23)21-20(22)25)10-13-8-9-14(26-2)11-17(13)27-3/h4-11H,1-3H3,(H,21,23,25)/b15-10-. The first-order valence-corrected chi connectivity index (χ1v) is 8.15. The number of ether oxygens (including phenoxy) is 2. The van der Waals surface area contributed by atoms with Gasteiger partial charge in [0.1, 0.15) is 17.1 Å². The Morgan fingerprint density at radius 3 is 2.41 bits per heavy atom. The zero-order valence-corrected chi connectivity index (χ0v) is 15.1. The number of benzene rings is 2. The van der Waals surface area contributed by atoms with Gasteiger partial charge in [-0.1, -0.05) is 18.2 Å². The third kappa shape index (κ3) is 3.39. The average Bonchev–Trinajstić information content (AvgIpc) is 2.66. The number of hydrogen-bond acceptors (Lipinski definition) is 5. The number of hydrogen-bond donors (Lipinski definition) is 1. The van der Waals surface area contributed by atoms with Crippen LogP contribution in [-0.4, -0.2) is 32.1 Å². The maximum atomic E-state index is 12.9. The normalized spacial score (nSPS) is 15.7. The van der Waals surface area contributed by atoms with Gasteiger partial charge in [-0.2, -0.15) is 0 Å². The molecule has 1 heterocycles. The van der Waals surface area contributed by atoms with Gasteiger partial charge in [-0.05, 0) is 36.8 Å². The Hall–Kier alpha value is -3.61. The molecular weight excluding hydrogens is 348 g/mol. The molecule has 0 aromatic heterocycles. The molecule has 1 fully saturated rings. The molecule has 4 amide bonds. The van der Waals surface area contributed by atoms with Crippen LogP contribution in [0.25, 0.3) is 6.08 Å². The molecule has 138 valence electrons. The summed E-state index contributed by atoms with van der Waals surface area (Å²) < 4.78 is 10.4. The number of barbiturate groups is 1. The summed E-state index contributed by atoms with van der Waals surface area (Å²) in [7, 11) is 3.00. The number of nitrogens with one attached hydrogen (secondary N) is 1. The van der Waals surface area contributed by atoms with Crippen molar-refractivity contribution in [2.24, 2.45) is 0 Å². The highest BCUT2D eigenvalue weighted by atomic mass is 16.5. The van der Waals surface area contributed by atoms with Crippen LogP contribution in [0, 0.1) is 6.92 Å². The predicted octanol–water partition coefficient (Wildman–Crippen LogP) is 2.68. The lowest BCUT2D eigenvalue weighted by atomic mass is 10.0. The number of amides is 4. The Bertz CT molecular complexity index is 965. The topological polar surface area (TPSA) is 84.9 Å². The number of carbonyl (C=O) groups is 3. The summed E-state index contributed by atoms with van der Waals surface area (Å²) in [6.45, 7) is 1.78. The fourth-order valence-electron chi connectivity index (χ4n) is 2.78. The molecule has 1 aliphatic rings. The largest absolute Gasteiger partial charge is 0.497 e. The quantitative estimate of drug-likeness (QED) is 0.664. The molecule has 27 heavy (non-hydrogen) atoms. The summed E-state index contributed by atoms with van der Waals surface area (Å²) in [5.74, 6) is -0.449. The van der Waals surface area contributed by atoms with Gasteiger partial charge in [-0.25, -0.2) is 9.69 Å². The Kier molecular flexibility index (Phi) is 4.94. The summed E-state index contributed by atoms with van der Waals surface area (Å²) in [5.41, 5.74) is 1.49. The Morgan fingerprint density at radius 2 is 1.74 bits per heavy atom. The molecule has 0 aliphatic carbocycles. The zero-order chi connectivity index (χ0) is 19.6. The summed E-state index contributed by atoms with van der Waals surface area (Å²) >= 11 is 0. The van der Waals surface area contributed by atoms with E-state index in [4.69, 9.17) is 9.47 Å². The van der Waals surface area contributed by atoms with Gasteiger partial charge in [0.05, 0.1) is 19.9 Å². The van der Waals surface area contributed by atoms with Gasteiger partial charge in [0.25, 0.3) is 11.8 Å². The molecule has 7 nitrogen and oxygen atoms in total. The van der Waals surface area contributed by atoms with Gasteiger partial charge < -0.3 is 9.47 Å².